The lowest BCUT2D eigenvalue weighted by atomic mass is 9.96. The Morgan fingerprint density at radius 3 is 2.67 bits per heavy atom. The minimum absolute atomic E-state index is 0.120. The lowest BCUT2D eigenvalue weighted by Gasteiger charge is -2.35. The van der Waals surface area contributed by atoms with Crippen LogP contribution in [0.15, 0.2) is 36.5 Å². The number of likely N-dealkylation sites (tertiary alicyclic amines) is 2. The Morgan fingerprint density at radius 2 is 1.88 bits per heavy atom. The van der Waals surface area contributed by atoms with Gasteiger partial charge in [-0.25, -0.2) is 4.98 Å². The zero-order valence-corrected chi connectivity index (χ0v) is 19.9. The summed E-state index contributed by atoms with van der Waals surface area (Å²) in [5.74, 6) is -0.339. The maximum absolute atomic E-state index is 13.4. The van der Waals surface area contributed by atoms with E-state index in [2.05, 4.69) is 10.3 Å². The fourth-order valence-corrected chi connectivity index (χ4v) is 4.89. The smallest absolute Gasteiger partial charge is 0.256 e. The van der Waals surface area contributed by atoms with E-state index < -0.39 is 6.04 Å². The Bertz CT molecular complexity index is 1080. The van der Waals surface area contributed by atoms with Crippen molar-refractivity contribution in [3.63, 3.8) is 0 Å². The molecule has 2 aromatic rings. The van der Waals surface area contributed by atoms with Gasteiger partial charge in [-0.2, -0.15) is 0 Å². The third-order valence-electron chi connectivity index (χ3n) is 6.31. The van der Waals surface area contributed by atoms with Crippen molar-refractivity contribution >= 4 is 46.7 Å². The molecule has 2 aliphatic heterocycles. The van der Waals surface area contributed by atoms with Gasteiger partial charge in [0.2, 0.25) is 11.8 Å². The van der Waals surface area contributed by atoms with Crippen LogP contribution in [0.5, 0.6) is 0 Å². The largest absolute Gasteiger partial charge is 0.340 e. The first-order valence-electron chi connectivity index (χ1n) is 11.1. The summed E-state index contributed by atoms with van der Waals surface area (Å²) in [6.45, 7) is 3.26. The first kappa shape index (κ1) is 23.5. The van der Waals surface area contributed by atoms with Crippen LogP contribution in [0.4, 0.5) is 5.82 Å². The maximum atomic E-state index is 13.4. The molecule has 0 spiro atoms. The number of hydrogen-bond acceptors (Lipinski definition) is 4. The first-order chi connectivity index (χ1) is 15.8. The SMILES string of the molecule is Cc1cccnc1NC(=O)C1CCCN(C(=O)C2CCCN2C(=O)c2cc(Cl)ccc2Cl)C1. The molecule has 4 rings (SSSR count). The van der Waals surface area contributed by atoms with Crippen molar-refractivity contribution < 1.29 is 14.4 Å². The minimum Gasteiger partial charge on any atom is -0.340 e. The van der Waals surface area contributed by atoms with E-state index in [0.717, 1.165) is 18.4 Å². The number of aryl methyl sites for hydroxylation is 1. The number of pyridine rings is 1. The van der Waals surface area contributed by atoms with Crippen molar-refractivity contribution in [3.8, 4) is 0 Å². The standard InChI is InChI=1S/C24H26Cl2N4O3/c1-15-5-2-10-27-21(15)28-22(31)16-6-3-11-29(14-16)24(33)20-7-4-12-30(20)23(32)18-13-17(25)8-9-19(18)26/h2,5,8-10,13,16,20H,3-4,6-7,11-12,14H2,1H3,(H,27,28,31). The Labute approximate surface area is 203 Å². The highest BCUT2D eigenvalue weighted by atomic mass is 35.5. The molecule has 3 heterocycles. The van der Waals surface area contributed by atoms with E-state index in [-0.39, 0.29) is 23.6 Å². The molecule has 0 bridgehead atoms. The van der Waals surface area contributed by atoms with Gasteiger partial charge in [0.05, 0.1) is 16.5 Å². The highest BCUT2D eigenvalue weighted by Gasteiger charge is 2.39. The molecule has 2 unspecified atom stereocenters. The number of nitrogens with one attached hydrogen (secondary N) is 1. The number of nitrogens with zero attached hydrogens (tertiary/aromatic N) is 3. The van der Waals surface area contributed by atoms with Crippen LogP contribution < -0.4 is 5.32 Å². The molecular formula is C24H26Cl2N4O3. The Morgan fingerprint density at radius 1 is 1.09 bits per heavy atom. The van der Waals surface area contributed by atoms with Crippen LogP contribution in [0.1, 0.15) is 41.6 Å². The number of hydrogen-bond donors (Lipinski definition) is 1. The van der Waals surface area contributed by atoms with E-state index in [1.807, 2.05) is 19.1 Å². The second-order valence-electron chi connectivity index (χ2n) is 8.56. The van der Waals surface area contributed by atoms with Crippen molar-refractivity contribution in [2.75, 3.05) is 25.0 Å². The number of amides is 3. The summed E-state index contributed by atoms with van der Waals surface area (Å²) in [5.41, 5.74) is 1.18. The quantitative estimate of drug-likeness (QED) is 0.699. The number of benzene rings is 1. The van der Waals surface area contributed by atoms with Gasteiger partial charge < -0.3 is 15.1 Å². The number of carbonyl (C=O) groups excluding carboxylic acids is 3. The fraction of sp³-hybridized carbons (Fsp3) is 0.417. The van der Waals surface area contributed by atoms with Crippen LogP contribution in [0.2, 0.25) is 10.0 Å². The van der Waals surface area contributed by atoms with Crippen LogP contribution >= 0.6 is 23.2 Å². The normalized spacial score (nSPS) is 20.6. The molecule has 2 fully saturated rings. The highest BCUT2D eigenvalue weighted by molar-refractivity contribution is 6.35. The average molecular weight is 489 g/mol. The molecule has 1 N–H and O–H groups in total. The van der Waals surface area contributed by atoms with Crippen molar-refractivity contribution in [2.24, 2.45) is 5.92 Å². The molecule has 0 aliphatic carbocycles. The van der Waals surface area contributed by atoms with Gasteiger partial charge in [-0.1, -0.05) is 29.3 Å². The lowest BCUT2D eigenvalue weighted by molar-refractivity contribution is -0.138. The summed E-state index contributed by atoms with van der Waals surface area (Å²) >= 11 is 12.3. The predicted molar refractivity (Wildman–Crippen MR) is 127 cm³/mol. The van der Waals surface area contributed by atoms with E-state index in [0.29, 0.717) is 53.9 Å². The molecule has 1 aromatic heterocycles. The first-order valence-corrected chi connectivity index (χ1v) is 11.9. The van der Waals surface area contributed by atoms with Gasteiger partial charge in [0.1, 0.15) is 11.9 Å². The third kappa shape index (κ3) is 5.14. The molecule has 2 atom stereocenters. The number of piperidine rings is 1. The molecular weight excluding hydrogens is 463 g/mol. The molecule has 0 saturated carbocycles. The molecule has 9 heteroatoms. The van der Waals surface area contributed by atoms with Gasteiger partial charge in [-0.05, 0) is 62.4 Å². The summed E-state index contributed by atoms with van der Waals surface area (Å²) in [6, 6.07) is 7.88. The van der Waals surface area contributed by atoms with Crippen molar-refractivity contribution in [3.05, 3.63) is 57.7 Å². The molecule has 33 heavy (non-hydrogen) atoms. The van der Waals surface area contributed by atoms with Gasteiger partial charge in [0, 0.05) is 30.9 Å². The fourth-order valence-electron chi connectivity index (χ4n) is 4.52. The summed E-state index contributed by atoms with van der Waals surface area (Å²) in [7, 11) is 0. The van der Waals surface area contributed by atoms with Crippen LogP contribution in [-0.2, 0) is 9.59 Å². The molecule has 7 nitrogen and oxygen atoms in total. The molecule has 2 saturated heterocycles. The summed E-state index contributed by atoms with van der Waals surface area (Å²) in [4.78, 5) is 47.0. The molecule has 2 aliphatic rings. The molecule has 1 aromatic carbocycles. The second-order valence-corrected chi connectivity index (χ2v) is 9.41. The topological polar surface area (TPSA) is 82.6 Å². The van der Waals surface area contributed by atoms with Crippen molar-refractivity contribution in [1.82, 2.24) is 14.8 Å². The highest BCUT2D eigenvalue weighted by Crippen LogP contribution is 2.28. The number of carbonyl (C=O) groups is 3. The summed E-state index contributed by atoms with van der Waals surface area (Å²) in [6.07, 6.45) is 4.39. The van der Waals surface area contributed by atoms with E-state index in [4.69, 9.17) is 23.2 Å². The van der Waals surface area contributed by atoms with Gasteiger partial charge in [-0.3, -0.25) is 14.4 Å². The predicted octanol–water partition coefficient (Wildman–Crippen LogP) is 4.18. The van der Waals surface area contributed by atoms with E-state index in [1.54, 1.807) is 28.1 Å². The Kier molecular flexibility index (Phi) is 7.20. The van der Waals surface area contributed by atoms with Gasteiger partial charge in [0.15, 0.2) is 0 Å². The second kappa shape index (κ2) is 10.1. The van der Waals surface area contributed by atoms with Gasteiger partial charge in [-0.15, -0.1) is 0 Å². The molecule has 3 amide bonds. The third-order valence-corrected chi connectivity index (χ3v) is 6.88. The monoisotopic (exact) mass is 488 g/mol. The Hall–Kier alpha value is -2.64. The molecule has 0 radical (unpaired) electrons. The molecule has 174 valence electrons. The number of rotatable bonds is 4. The van der Waals surface area contributed by atoms with Gasteiger partial charge >= 0.3 is 0 Å². The lowest BCUT2D eigenvalue weighted by Crippen LogP contribution is -2.51. The zero-order chi connectivity index (χ0) is 23.5. The van der Waals surface area contributed by atoms with Crippen LogP contribution in [0, 0.1) is 12.8 Å². The van der Waals surface area contributed by atoms with E-state index in [9.17, 15) is 14.4 Å². The number of anilines is 1. The van der Waals surface area contributed by atoms with Crippen LogP contribution in [-0.4, -0.2) is 58.2 Å². The Balaban J connectivity index is 1.44. The zero-order valence-electron chi connectivity index (χ0n) is 18.4. The average Bonchev–Trinajstić information content (AvgIpc) is 3.31. The minimum atomic E-state index is -0.563. The summed E-state index contributed by atoms with van der Waals surface area (Å²) in [5, 5.41) is 3.61. The van der Waals surface area contributed by atoms with E-state index in [1.165, 1.54) is 6.07 Å². The van der Waals surface area contributed by atoms with Crippen LogP contribution in [0.3, 0.4) is 0 Å². The number of aromatic nitrogens is 1. The van der Waals surface area contributed by atoms with E-state index >= 15 is 0 Å². The van der Waals surface area contributed by atoms with Crippen molar-refractivity contribution in [1.29, 1.82) is 0 Å². The van der Waals surface area contributed by atoms with Gasteiger partial charge in [0.25, 0.3) is 5.91 Å². The van der Waals surface area contributed by atoms with Crippen molar-refractivity contribution in [2.45, 2.75) is 38.6 Å². The maximum Gasteiger partial charge on any atom is 0.256 e. The summed E-state index contributed by atoms with van der Waals surface area (Å²) < 4.78 is 0. The number of halogens is 2. The van der Waals surface area contributed by atoms with Crippen LogP contribution in [0.25, 0.3) is 0 Å².